The molecule has 0 spiro atoms. The molecule has 1 heterocycles. The molecule has 1 aliphatic rings. The third kappa shape index (κ3) is 4.80. The summed E-state index contributed by atoms with van der Waals surface area (Å²) < 4.78 is 10.8. The molecule has 1 fully saturated rings. The lowest BCUT2D eigenvalue weighted by atomic mass is 9.99. The molecule has 0 unspecified atom stereocenters. The van der Waals surface area contributed by atoms with Crippen LogP contribution in [0, 0.1) is 13.8 Å². The van der Waals surface area contributed by atoms with Crippen LogP contribution in [0.5, 0.6) is 5.75 Å². The van der Waals surface area contributed by atoms with Crippen molar-refractivity contribution in [3.05, 3.63) is 83.3 Å². The SMILES string of the molecule is COc1ccc([C@@H](C(=O)NC2CCCC2)N(C(=O)c2ccco2)c2cccc(C)c2C)cc1. The number of aryl methyl sites for hydroxylation is 1. The topological polar surface area (TPSA) is 71.8 Å². The van der Waals surface area contributed by atoms with Crippen LogP contribution in [0.1, 0.15) is 59.0 Å². The van der Waals surface area contributed by atoms with Gasteiger partial charge in [-0.05, 0) is 73.7 Å². The van der Waals surface area contributed by atoms with Crippen LogP contribution in [0.3, 0.4) is 0 Å². The van der Waals surface area contributed by atoms with Gasteiger partial charge in [0, 0.05) is 11.7 Å². The van der Waals surface area contributed by atoms with E-state index in [1.807, 2.05) is 56.3 Å². The van der Waals surface area contributed by atoms with Crippen molar-refractivity contribution in [3.63, 3.8) is 0 Å². The summed E-state index contributed by atoms with van der Waals surface area (Å²) in [5.74, 6) is 0.302. The van der Waals surface area contributed by atoms with Crippen LogP contribution in [-0.4, -0.2) is 25.0 Å². The maximum absolute atomic E-state index is 13.8. The number of amides is 2. The largest absolute Gasteiger partial charge is 0.497 e. The highest BCUT2D eigenvalue weighted by atomic mass is 16.5. The first kappa shape index (κ1) is 22.6. The number of ether oxygens (including phenoxy) is 1. The maximum Gasteiger partial charge on any atom is 0.294 e. The Morgan fingerprint density at radius 2 is 1.76 bits per heavy atom. The second-order valence-corrected chi connectivity index (χ2v) is 8.54. The zero-order chi connectivity index (χ0) is 23.4. The molecule has 1 saturated carbocycles. The minimum Gasteiger partial charge on any atom is -0.497 e. The minimum atomic E-state index is -0.866. The molecule has 6 heteroatoms. The van der Waals surface area contributed by atoms with Crippen LogP contribution in [0.2, 0.25) is 0 Å². The third-order valence-corrected chi connectivity index (χ3v) is 6.43. The second-order valence-electron chi connectivity index (χ2n) is 8.54. The predicted octanol–water partition coefficient (Wildman–Crippen LogP) is 5.35. The molecular weight excluding hydrogens is 416 g/mol. The molecule has 1 N–H and O–H groups in total. The zero-order valence-electron chi connectivity index (χ0n) is 19.3. The first-order valence-electron chi connectivity index (χ1n) is 11.4. The van der Waals surface area contributed by atoms with Gasteiger partial charge in [-0.1, -0.05) is 37.1 Å². The Bertz CT molecular complexity index is 1100. The summed E-state index contributed by atoms with van der Waals surface area (Å²) in [6, 6.07) is 15.6. The Balaban J connectivity index is 1.84. The van der Waals surface area contributed by atoms with Gasteiger partial charge in [0.15, 0.2) is 5.76 Å². The summed E-state index contributed by atoms with van der Waals surface area (Å²) in [7, 11) is 1.60. The van der Waals surface area contributed by atoms with Crippen LogP contribution in [0.15, 0.2) is 65.3 Å². The molecule has 33 heavy (non-hydrogen) atoms. The maximum atomic E-state index is 13.8. The second kappa shape index (κ2) is 9.94. The fourth-order valence-electron chi connectivity index (χ4n) is 4.44. The van der Waals surface area contributed by atoms with Gasteiger partial charge in [-0.2, -0.15) is 0 Å². The van der Waals surface area contributed by atoms with Crippen LogP contribution >= 0.6 is 0 Å². The van der Waals surface area contributed by atoms with Crippen LogP contribution in [0.4, 0.5) is 5.69 Å². The number of anilines is 1. The molecule has 2 aromatic carbocycles. The van der Waals surface area contributed by atoms with Crippen molar-refractivity contribution in [3.8, 4) is 5.75 Å². The van der Waals surface area contributed by atoms with Gasteiger partial charge in [0.2, 0.25) is 5.91 Å². The van der Waals surface area contributed by atoms with E-state index in [2.05, 4.69) is 5.32 Å². The lowest BCUT2D eigenvalue weighted by Crippen LogP contribution is -2.46. The molecule has 2 amide bonds. The summed E-state index contributed by atoms with van der Waals surface area (Å²) in [6.45, 7) is 3.96. The number of nitrogens with zero attached hydrogens (tertiary/aromatic N) is 1. The summed E-state index contributed by atoms with van der Waals surface area (Å²) in [5.41, 5.74) is 3.35. The van der Waals surface area contributed by atoms with Gasteiger partial charge in [0.25, 0.3) is 5.91 Å². The third-order valence-electron chi connectivity index (χ3n) is 6.43. The standard InChI is InChI=1S/C27H30N2O4/c1-18-8-6-11-23(19(18)2)29(27(31)24-12-7-17-33-24)25(20-13-15-22(32-3)16-14-20)26(30)28-21-9-4-5-10-21/h6-8,11-17,21,25H,4-5,9-10H2,1-3H3,(H,28,30)/t25-/m0/s1. The van der Waals surface area contributed by atoms with E-state index in [-0.39, 0.29) is 23.6 Å². The number of carbonyl (C=O) groups is 2. The summed E-state index contributed by atoms with van der Waals surface area (Å²) in [6.07, 6.45) is 5.58. The Morgan fingerprint density at radius 1 is 1.03 bits per heavy atom. The van der Waals surface area contributed by atoms with E-state index in [1.165, 1.54) is 6.26 Å². The van der Waals surface area contributed by atoms with Crippen molar-refractivity contribution in [1.82, 2.24) is 5.32 Å². The van der Waals surface area contributed by atoms with E-state index in [0.29, 0.717) is 17.0 Å². The summed E-state index contributed by atoms with van der Waals surface area (Å²) in [5, 5.41) is 3.20. The van der Waals surface area contributed by atoms with E-state index in [9.17, 15) is 9.59 Å². The highest BCUT2D eigenvalue weighted by Crippen LogP contribution is 2.34. The number of benzene rings is 2. The highest BCUT2D eigenvalue weighted by molar-refractivity contribution is 6.09. The lowest BCUT2D eigenvalue weighted by molar-refractivity contribution is -0.123. The van der Waals surface area contributed by atoms with Gasteiger partial charge < -0.3 is 14.5 Å². The van der Waals surface area contributed by atoms with Crippen LogP contribution in [0.25, 0.3) is 0 Å². The number of nitrogens with one attached hydrogen (secondary N) is 1. The monoisotopic (exact) mass is 446 g/mol. The van der Waals surface area contributed by atoms with Crippen LogP contribution < -0.4 is 15.0 Å². The average molecular weight is 447 g/mol. The van der Waals surface area contributed by atoms with Gasteiger partial charge >= 0.3 is 0 Å². The number of hydrogen-bond acceptors (Lipinski definition) is 4. The number of carbonyl (C=O) groups excluding carboxylic acids is 2. The molecule has 1 aliphatic carbocycles. The molecule has 6 nitrogen and oxygen atoms in total. The van der Waals surface area contributed by atoms with Crippen molar-refractivity contribution < 1.29 is 18.7 Å². The Morgan fingerprint density at radius 3 is 2.39 bits per heavy atom. The van der Waals surface area contributed by atoms with E-state index < -0.39 is 6.04 Å². The van der Waals surface area contributed by atoms with Crippen molar-refractivity contribution in [2.45, 2.75) is 51.6 Å². The van der Waals surface area contributed by atoms with Gasteiger partial charge in [-0.3, -0.25) is 14.5 Å². The molecule has 0 aliphatic heterocycles. The van der Waals surface area contributed by atoms with E-state index in [1.54, 1.807) is 24.1 Å². The fourth-order valence-corrected chi connectivity index (χ4v) is 4.44. The van der Waals surface area contributed by atoms with E-state index >= 15 is 0 Å². The molecule has 3 aromatic rings. The minimum absolute atomic E-state index is 0.123. The number of methoxy groups -OCH3 is 1. The Hall–Kier alpha value is -3.54. The molecule has 1 aromatic heterocycles. The number of hydrogen-bond donors (Lipinski definition) is 1. The summed E-state index contributed by atoms with van der Waals surface area (Å²) in [4.78, 5) is 29.1. The highest BCUT2D eigenvalue weighted by Gasteiger charge is 2.36. The number of rotatable bonds is 7. The van der Waals surface area contributed by atoms with Crippen molar-refractivity contribution in [2.75, 3.05) is 12.0 Å². The van der Waals surface area contributed by atoms with Gasteiger partial charge in [-0.25, -0.2) is 0 Å². The van der Waals surface area contributed by atoms with Gasteiger partial charge in [-0.15, -0.1) is 0 Å². The molecular formula is C27H30N2O4. The van der Waals surface area contributed by atoms with Crippen molar-refractivity contribution in [2.24, 2.45) is 0 Å². The molecule has 172 valence electrons. The predicted molar refractivity (Wildman–Crippen MR) is 128 cm³/mol. The van der Waals surface area contributed by atoms with Crippen molar-refractivity contribution >= 4 is 17.5 Å². The first-order chi connectivity index (χ1) is 16.0. The summed E-state index contributed by atoms with van der Waals surface area (Å²) >= 11 is 0. The Kier molecular flexibility index (Phi) is 6.82. The number of furan rings is 1. The average Bonchev–Trinajstić information content (AvgIpc) is 3.54. The van der Waals surface area contributed by atoms with E-state index in [4.69, 9.17) is 9.15 Å². The molecule has 1 atom stereocenters. The quantitative estimate of drug-likeness (QED) is 0.531. The molecule has 4 rings (SSSR count). The normalized spacial score (nSPS) is 14.6. The first-order valence-corrected chi connectivity index (χ1v) is 11.4. The molecule has 0 bridgehead atoms. The zero-order valence-corrected chi connectivity index (χ0v) is 19.3. The van der Waals surface area contributed by atoms with E-state index in [0.717, 1.165) is 36.8 Å². The smallest absolute Gasteiger partial charge is 0.294 e. The molecule has 0 saturated heterocycles. The van der Waals surface area contributed by atoms with Crippen molar-refractivity contribution in [1.29, 1.82) is 0 Å². The van der Waals surface area contributed by atoms with Crippen LogP contribution in [-0.2, 0) is 4.79 Å². The van der Waals surface area contributed by atoms with Gasteiger partial charge in [0.1, 0.15) is 11.8 Å². The molecule has 0 radical (unpaired) electrons. The van der Waals surface area contributed by atoms with Gasteiger partial charge in [0.05, 0.1) is 13.4 Å². The fraction of sp³-hybridized carbons (Fsp3) is 0.333. The Labute approximate surface area is 194 Å². The lowest BCUT2D eigenvalue weighted by Gasteiger charge is -2.33.